The molecule has 0 aliphatic heterocycles. The molecule has 1 aromatic rings. The number of benzene rings is 1. The molecular weight excluding hydrogens is 186 g/mol. The first kappa shape index (κ1) is 9.90. The Morgan fingerprint density at radius 1 is 1.38 bits per heavy atom. The number of hydrogen-bond donors (Lipinski definition) is 0. The molecule has 0 saturated heterocycles. The fourth-order valence-electron chi connectivity index (χ4n) is 1.13. The monoisotopic (exact) mass is 195 g/mol. The molecule has 1 unspecified atom stereocenters. The molecule has 1 aromatic carbocycles. The van der Waals surface area contributed by atoms with Gasteiger partial charge in [0, 0.05) is 10.8 Å². The smallest absolute Gasteiger partial charge is 0.0636 e. The molecule has 0 bridgehead atoms. The molecule has 0 amide bonds. The van der Waals surface area contributed by atoms with Gasteiger partial charge < -0.3 is 0 Å². The highest BCUT2D eigenvalue weighted by Crippen LogP contribution is 2.21. The Morgan fingerprint density at radius 3 is 2.62 bits per heavy atom. The minimum absolute atomic E-state index is 0.135. The van der Waals surface area contributed by atoms with Gasteiger partial charge in [-0.05, 0) is 17.5 Å². The van der Waals surface area contributed by atoms with Gasteiger partial charge in [-0.1, -0.05) is 35.4 Å². The third-order valence-corrected chi connectivity index (χ3v) is 1.98. The fourth-order valence-corrected chi connectivity index (χ4v) is 1.34. The van der Waals surface area contributed by atoms with Crippen LogP contribution in [0.4, 0.5) is 0 Å². The minimum atomic E-state index is -0.135. The fraction of sp³-hybridized carbons (Fsp3) is 0.333. The minimum Gasteiger partial charge on any atom is -0.127 e. The van der Waals surface area contributed by atoms with Crippen LogP contribution in [0.2, 0.25) is 0 Å². The van der Waals surface area contributed by atoms with Gasteiger partial charge in [-0.3, -0.25) is 0 Å². The van der Waals surface area contributed by atoms with Crippen molar-refractivity contribution in [2.75, 3.05) is 5.88 Å². The highest BCUT2D eigenvalue weighted by Gasteiger charge is 2.06. The zero-order valence-corrected chi connectivity index (χ0v) is 7.85. The Labute approximate surface area is 82.0 Å². The third-order valence-electron chi connectivity index (χ3n) is 1.76. The van der Waals surface area contributed by atoms with Crippen LogP contribution in [0.3, 0.4) is 0 Å². The summed E-state index contributed by atoms with van der Waals surface area (Å²) in [6.45, 7) is 0. The SMILES string of the molecule is [N-]=[N+]=NC(CCCl)c1ccccc1. The number of halogens is 1. The summed E-state index contributed by atoms with van der Waals surface area (Å²) in [4.78, 5) is 2.80. The molecule has 0 fully saturated rings. The van der Waals surface area contributed by atoms with Gasteiger partial charge in [0.05, 0.1) is 6.04 Å². The molecular formula is C9H10ClN3. The van der Waals surface area contributed by atoms with E-state index in [9.17, 15) is 0 Å². The van der Waals surface area contributed by atoms with Crippen LogP contribution in [0.25, 0.3) is 10.4 Å². The zero-order valence-electron chi connectivity index (χ0n) is 7.10. The predicted octanol–water partition coefficient (Wildman–Crippen LogP) is 3.67. The van der Waals surface area contributed by atoms with Crippen molar-refractivity contribution in [3.05, 3.63) is 46.3 Å². The average Bonchev–Trinajstić information content (AvgIpc) is 2.19. The molecule has 0 heterocycles. The first-order valence-corrected chi connectivity index (χ1v) is 4.57. The van der Waals surface area contributed by atoms with Crippen LogP contribution in [-0.4, -0.2) is 5.88 Å². The molecule has 0 aliphatic carbocycles. The van der Waals surface area contributed by atoms with Gasteiger partial charge in [0.2, 0.25) is 0 Å². The summed E-state index contributed by atoms with van der Waals surface area (Å²) < 4.78 is 0. The summed E-state index contributed by atoms with van der Waals surface area (Å²) >= 11 is 5.60. The van der Waals surface area contributed by atoms with E-state index in [1.165, 1.54) is 0 Å². The molecule has 0 radical (unpaired) electrons. The first-order chi connectivity index (χ1) is 6.38. The second-order valence-corrected chi connectivity index (χ2v) is 2.99. The molecule has 1 rings (SSSR count). The van der Waals surface area contributed by atoms with Gasteiger partial charge in [-0.25, -0.2) is 0 Å². The normalized spacial score (nSPS) is 11.8. The van der Waals surface area contributed by atoms with Crippen molar-refractivity contribution in [1.29, 1.82) is 0 Å². The van der Waals surface area contributed by atoms with E-state index in [2.05, 4.69) is 10.0 Å². The molecule has 68 valence electrons. The van der Waals surface area contributed by atoms with Gasteiger partial charge in [-0.15, -0.1) is 11.6 Å². The number of nitrogens with zero attached hydrogens (tertiary/aromatic N) is 3. The average molecular weight is 196 g/mol. The highest BCUT2D eigenvalue weighted by molar-refractivity contribution is 6.17. The maximum atomic E-state index is 8.34. The molecule has 0 saturated carbocycles. The van der Waals surface area contributed by atoms with Crippen LogP contribution in [0.5, 0.6) is 0 Å². The van der Waals surface area contributed by atoms with Crippen molar-refractivity contribution in [3.63, 3.8) is 0 Å². The van der Waals surface area contributed by atoms with E-state index in [0.717, 1.165) is 5.56 Å². The van der Waals surface area contributed by atoms with E-state index in [4.69, 9.17) is 17.1 Å². The van der Waals surface area contributed by atoms with Crippen molar-refractivity contribution in [2.24, 2.45) is 5.11 Å². The summed E-state index contributed by atoms with van der Waals surface area (Å²) in [6, 6.07) is 9.51. The number of hydrogen-bond acceptors (Lipinski definition) is 1. The summed E-state index contributed by atoms with van der Waals surface area (Å²) in [5.74, 6) is 0.499. The maximum Gasteiger partial charge on any atom is 0.0636 e. The van der Waals surface area contributed by atoms with Crippen LogP contribution >= 0.6 is 11.6 Å². The Morgan fingerprint density at radius 2 is 2.08 bits per heavy atom. The van der Waals surface area contributed by atoms with Gasteiger partial charge in [-0.2, -0.15) is 0 Å². The molecule has 1 atom stereocenters. The van der Waals surface area contributed by atoms with E-state index in [-0.39, 0.29) is 6.04 Å². The van der Waals surface area contributed by atoms with Crippen LogP contribution in [0, 0.1) is 0 Å². The van der Waals surface area contributed by atoms with Crippen molar-refractivity contribution >= 4 is 11.6 Å². The van der Waals surface area contributed by atoms with Crippen molar-refractivity contribution in [3.8, 4) is 0 Å². The van der Waals surface area contributed by atoms with Gasteiger partial charge in [0.1, 0.15) is 0 Å². The predicted molar refractivity (Wildman–Crippen MR) is 53.7 cm³/mol. The summed E-state index contributed by atoms with van der Waals surface area (Å²) in [5, 5.41) is 3.68. The number of rotatable bonds is 4. The Kier molecular flexibility index (Phi) is 4.16. The van der Waals surface area contributed by atoms with E-state index >= 15 is 0 Å². The second kappa shape index (κ2) is 5.46. The van der Waals surface area contributed by atoms with E-state index in [1.807, 2.05) is 30.3 Å². The summed E-state index contributed by atoms with van der Waals surface area (Å²) in [6.07, 6.45) is 0.676. The maximum absolute atomic E-state index is 8.34. The molecule has 0 spiro atoms. The highest BCUT2D eigenvalue weighted by atomic mass is 35.5. The third kappa shape index (κ3) is 2.98. The van der Waals surface area contributed by atoms with Gasteiger partial charge >= 0.3 is 0 Å². The Balaban J connectivity index is 2.81. The quantitative estimate of drug-likeness (QED) is 0.305. The summed E-state index contributed by atoms with van der Waals surface area (Å²) in [7, 11) is 0. The summed E-state index contributed by atoms with van der Waals surface area (Å²) in [5.41, 5.74) is 9.35. The Bertz CT molecular complexity index is 293. The molecule has 0 N–H and O–H groups in total. The van der Waals surface area contributed by atoms with E-state index in [0.29, 0.717) is 12.3 Å². The topological polar surface area (TPSA) is 48.8 Å². The second-order valence-electron chi connectivity index (χ2n) is 2.61. The van der Waals surface area contributed by atoms with Crippen molar-refractivity contribution in [2.45, 2.75) is 12.5 Å². The van der Waals surface area contributed by atoms with Crippen molar-refractivity contribution < 1.29 is 0 Å². The number of alkyl halides is 1. The standard InChI is InChI=1S/C9H10ClN3/c10-7-6-9(12-13-11)8-4-2-1-3-5-8/h1-5,9H,6-7H2. The lowest BCUT2D eigenvalue weighted by Crippen LogP contribution is -1.94. The van der Waals surface area contributed by atoms with Crippen molar-refractivity contribution in [1.82, 2.24) is 0 Å². The van der Waals surface area contributed by atoms with Crippen LogP contribution < -0.4 is 0 Å². The van der Waals surface area contributed by atoms with Crippen LogP contribution in [0.1, 0.15) is 18.0 Å². The van der Waals surface area contributed by atoms with Gasteiger partial charge in [0.15, 0.2) is 0 Å². The lowest BCUT2D eigenvalue weighted by atomic mass is 10.1. The molecule has 4 heteroatoms. The number of azide groups is 1. The molecule has 13 heavy (non-hydrogen) atoms. The molecule has 0 aromatic heterocycles. The first-order valence-electron chi connectivity index (χ1n) is 4.03. The van der Waals surface area contributed by atoms with Crippen LogP contribution in [0.15, 0.2) is 35.4 Å². The van der Waals surface area contributed by atoms with Crippen LogP contribution in [-0.2, 0) is 0 Å². The molecule has 0 aliphatic rings. The largest absolute Gasteiger partial charge is 0.127 e. The lowest BCUT2D eigenvalue weighted by molar-refractivity contribution is 0.697. The Hall–Kier alpha value is -1.18. The van der Waals surface area contributed by atoms with E-state index in [1.54, 1.807) is 0 Å². The molecule has 3 nitrogen and oxygen atoms in total. The zero-order chi connectivity index (χ0) is 9.52. The lowest BCUT2D eigenvalue weighted by Gasteiger charge is -2.08. The van der Waals surface area contributed by atoms with E-state index < -0.39 is 0 Å². The van der Waals surface area contributed by atoms with Gasteiger partial charge in [0.25, 0.3) is 0 Å².